The molecular weight excluding hydrogens is 280 g/mol. The van der Waals surface area contributed by atoms with Crippen LogP contribution in [0.3, 0.4) is 0 Å². The van der Waals surface area contributed by atoms with Crippen LogP contribution in [0.4, 0.5) is 0 Å². The van der Waals surface area contributed by atoms with Crippen LogP contribution in [0.5, 0.6) is 11.6 Å². The average Bonchev–Trinajstić information content (AvgIpc) is 2.41. The molecule has 3 aromatic rings. The van der Waals surface area contributed by atoms with E-state index >= 15 is 0 Å². The first kappa shape index (κ1) is 12.6. The second-order valence-electron chi connectivity index (χ2n) is 4.16. The number of aromatic nitrogens is 2. The molecule has 2 aromatic heterocycles. The summed E-state index contributed by atoms with van der Waals surface area (Å²) >= 11 is 5.87. The largest absolute Gasteiger partial charge is 0.436 e. The van der Waals surface area contributed by atoms with Crippen molar-refractivity contribution in [2.24, 2.45) is 0 Å². The van der Waals surface area contributed by atoms with Gasteiger partial charge in [-0.3, -0.25) is 0 Å². The fourth-order valence-corrected chi connectivity index (χ4v) is 2.00. The van der Waals surface area contributed by atoms with Gasteiger partial charge in [-0.1, -0.05) is 11.6 Å². The van der Waals surface area contributed by atoms with Crippen molar-refractivity contribution in [3.05, 3.63) is 57.8 Å². The Kier molecular flexibility index (Phi) is 3.12. The number of benzene rings is 1. The summed E-state index contributed by atoms with van der Waals surface area (Å²) in [5.41, 5.74) is 0.900. The smallest absolute Gasteiger partial charge is 0.336 e. The molecule has 0 saturated heterocycles. The fourth-order valence-electron chi connectivity index (χ4n) is 1.86. The van der Waals surface area contributed by atoms with E-state index in [1.54, 1.807) is 12.1 Å². The molecule has 100 valence electrons. The molecule has 0 unspecified atom stereocenters. The first-order valence-corrected chi connectivity index (χ1v) is 6.20. The van der Waals surface area contributed by atoms with Crippen molar-refractivity contribution in [2.45, 2.75) is 6.92 Å². The molecule has 20 heavy (non-hydrogen) atoms. The topological polar surface area (TPSA) is 65.2 Å². The highest BCUT2D eigenvalue weighted by Gasteiger charge is 2.08. The SMILES string of the molecule is Cc1cc(=O)oc2cc(Oc3nccnc3Cl)ccc12. The molecular formula is C14H9ClN2O3. The van der Waals surface area contributed by atoms with E-state index in [4.69, 9.17) is 20.8 Å². The monoisotopic (exact) mass is 288 g/mol. The minimum atomic E-state index is -0.398. The quantitative estimate of drug-likeness (QED) is 0.677. The van der Waals surface area contributed by atoms with Crippen molar-refractivity contribution >= 4 is 22.6 Å². The lowest BCUT2D eigenvalue weighted by Gasteiger charge is -2.06. The van der Waals surface area contributed by atoms with Crippen molar-refractivity contribution < 1.29 is 9.15 Å². The predicted octanol–water partition coefficient (Wildman–Crippen LogP) is 3.34. The van der Waals surface area contributed by atoms with E-state index in [2.05, 4.69) is 9.97 Å². The highest BCUT2D eigenvalue weighted by atomic mass is 35.5. The van der Waals surface area contributed by atoms with Crippen LogP contribution < -0.4 is 10.4 Å². The van der Waals surface area contributed by atoms with Crippen LogP contribution in [0.1, 0.15) is 5.56 Å². The van der Waals surface area contributed by atoms with Gasteiger partial charge in [-0.25, -0.2) is 14.8 Å². The van der Waals surface area contributed by atoms with E-state index in [9.17, 15) is 4.79 Å². The van der Waals surface area contributed by atoms with Crippen molar-refractivity contribution in [3.63, 3.8) is 0 Å². The molecule has 2 heterocycles. The van der Waals surface area contributed by atoms with Crippen LogP contribution in [-0.2, 0) is 0 Å². The van der Waals surface area contributed by atoms with Crippen LogP contribution in [0.2, 0.25) is 5.15 Å². The molecule has 0 amide bonds. The van der Waals surface area contributed by atoms with E-state index in [1.165, 1.54) is 18.5 Å². The molecule has 0 saturated carbocycles. The molecule has 0 atom stereocenters. The standard InChI is InChI=1S/C14H9ClN2O3/c1-8-6-12(18)20-11-7-9(2-3-10(8)11)19-14-13(15)16-4-5-17-14/h2-7H,1H3. The molecule has 5 nitrogen and oxygen atoms in total. The van der Waals surface area contributed by atoms with Crippen LogP contribution in [-0.4, -0.2) is 9.97 Å². The van der Waals surface area contributed by atoms with E-state index < -0.39 is 5.63 Å². The van der Waals surface area contributed by atoms with Gasteiger partial charge in [-0.2, -0.15) is 0 Å². The lowest BCUT2D eigenvalue weighted by atomic mass is 10.1. The Morgan fingerprint density at radius 2 is 2.00 bits per heavy atom. The Morgan fingerprint density at radius 1 is 1.20 bits per heavy atom. The van der Waals surface area contributed by atoms with Gasteiger partial charge >= 0.3 is 5.63 Å². The maximum atomic E-state index is 11.4. The number of hydrogen-bond donors (Lipinski definition) is 0. The van der Waals surface area contributed by atoms with Gasteiger partial charge in [0, 0.05) is 29.9 Å². The number of hydrogen-bond acceptors (Lipinski definition) is 5. The Labute approximate surface area is 118 Å². The maximum absolute atomic E-state index is 11.4. The third kappa shape index (κ3) is 2.35. The number of ether oxygens (including phenoxy) is 1. The number of fused-ring (bicyclic) bond motifs is 1. The number of nitrogens with zero attached hydrogens (tertiary/aromatic N) is 2. The van der Waals surface area contributed by atoms with E-state index in [-0.39, 0.29) is 11.0 Å². The van der Waals surface area contributed by atoms with Crippen molar-refractivity contribution in [1.29, 1.82) is 0 Å². The molecule has 0 aliphatic rings. The minimum Gasteiger partial charge on any atom is -0.436 e. The summed E-state index contributed by atoms with van der Waals surface area (Å²) in [5.74, 6) is 0.664. The summed E-state index contributed by atoms with van der Waals surface area (Å²) in [5, 5.41) is 1.01. The molecule has 6 heteroatoms. The zero-order valence-corrected chi connectivity index (χ0v) is 11.2. The molecule has 0 N–H and O–H groups in total. The first-order chi connectivity index (χ1) is 9.63. The summed E-state index contributed by atoms with van der Waals surface area (Å²) in [7, 11) is 0. The second-order valence-corrected chi connectivity index (χ2v) is 4.52. The molecule has 0 bridgehead atoms. The van der Waals surface area contributed by atoms with Gasteiger partial charge in [0.2, 0.25) is 0 Å². The van der Waals surface area contributed by atoms with Gasteiger partial charge in [-0.15, -0.1) is 0 Å². The summed E-state index contributed by atoms with van der Waals surface area (Å²) in [6.07, 6.45) is 2.95. The zero-order valence-electron chi connectivity index (χ0n) is 10.5. The highest BCUT2D eigenvalue weighted by molar-refractivity contribution is 6.30. The summed E-state index contributed by atoms with van der Waals surface area (Å²) in [6.45, 7) is 1.85. The normalized spacial score (nSPS) is 10.7. The van der Waals surface area contributed by atoms with Crippen LogP contribution in [0.25, 0.3) is 11.0 Å². The van der Waals surface area contributed by atoms with Crippen LogP contribution >= 0.6 is 11.6 Å². The third-order valence-corrected chi connectivity index (χ3v) is 3.02. The molecule has 0 spiro atoms. The maximum Gasteiger partial charge on any atom is 0.336 e. The Bertz CT molecular complexity index is 845. The molecule has 0 fully saturated rings. The van der Waals surface area contributed by atoms with Gasteiger partial charge in [0.05, 0.1) is 0 Å². The Morgan fingerprint density at radius 3 is 2.80 bits per heavy atom. The fraction of sp³-hybridized carbons (Fsp3) is 0.0714. The lowest BCUT2D eigenvalue weighted by Crippen LogP contribution is -1.98. The van der Waals surface area contributed by atoms with Gasteiger partial charge in [0.15, 0.2) is 5.15 Å². The van der Waals surface area contributed by atoms with Gasteiger partial charge in [0.1, 0.15) is 11.3 Å². The molecule has 0 aliphatic heterocycles. The predicted molar refractivity (Wildman–Crippen MR) is 74.3 cm³/mol. The highest BCUT2D eigenvalue weighted by Crippen LogP contribution is 2.28. The minimum absolute atomic E-state index is 0.165. The molecule has 0 radical (unpaired) electrons. The average molecular weight is 289 g/mol. The summed E-state index contributed by atoms with van der Waals surface area (Å²) < 4.78 is 10.7. The van der Waals surface area contributed by atoms with Gasteiger partial charge in [-0.05, 0) is 24.6 Å². The van der Waals surface area contributed by atoms with Crippen molar-refractivity contribution in [1.82, 2.24) is 9.97 Å². The third-order valence-electron chi connectivity index (χ3n) is 2.76. The zero-order chi connectivity index (χ0) is 14.1. The number of halogens is 1. The summed E-state index contributed by atoms with van der Waals surface area (Å²) in [4.78, 5) is 19.2. The van der Waals surface area contributed by atoms with Crippen LogP contribution in [0, 0.1) is 6.92 Å². The van der Waals surface area contributed by atoms with E-state index in [0.717, 1.165) is 10.9 Å². The lowest BCUT2D eigenvalue weighted by molar-refractivity contribution is 0.459. The van der Waals surface area contributed by atoms with E-state index in [1.807, 2.05) is 13.0 Å². The van der Waals surface area contributed by atoms with Crippen molar-refractivity contribution in [2.75, 3.05) is 0 Å². The van der Waals surface area contributed by atoms with Gasteiger partial charge < -0.3 is 9.15 Å². The Balaban J connectivity index is 2.05. The molecule has 3 rings (SSSR count). The van der Waals surface area contributed by atoms with Crippen LogP contribution in [0.15, 0.2) is 45.9 Å². The number of rotatable bonds is 2. The number of aryl methyl sites for hydroxylation is 1. The first-order valence-electron chi connectivity index (χ1n) is 5.82. The molecule has 0 aliphatic carbocycles. The van der Waals surface area contributed by atoms with Gasteiger partial charge in [0.25, 0.3) is 5.88 Å². The summed E-state index contributed by atoms with van der Waals surface area (Å²) in [6, 6.07) is 6.63. The van der Waals surface area contributed by atoms with Crippen molar-refractivity contribution in [3.8, 4) is 11.6 Å². The van der Waals surface area contributed by atoms with E-state index in [0.29, 0.717) is 11.3 Å². The molecule has 1 aromatic carbocycles. The second kappa shape index (κ2) is 4.94. The Hall–Kier alpha value is -2.40.